The summed E-state index contributed by atoms with van der Waals surface area (Å²) >= 11 is 0. The van der Waals surface area contributed by atoms with Crippen LogP contribution in [0.3, 0.4) is 0 Å². The zero-order valence-corrected chi connectivity index (χ0v) is 15.8. The maximum Gasteiger partial charge on any atom is 0.224 e. The average Bonchev–Trinajstić information content (AvgIpc) is 3.20. The summed E-state index contributed by atoms with van der Waals surface area (Å²) in [7, 11) is 1.63. The summed E-state index contributed by atoms with van der Waals surface area (Å²) < 4.78 is 16.7. The quantitative estimate of drug-likeness (QED) is 0.644. The number of methoxy groups -OCH3 is 1. The lowest BCUT2D eigenvalue weighted by Gasteiger charge is -2.13. The fourth-order valence-electron chi connectivity index (χ4n) is 3.13. The smallest absolute Gasteiger partial charge is 0.224 e. The van der Waals surface area contributed by atoms with E-state index in [0.29, 0.717) is 25.6 Å². The van der Waals surface area contributed by atoms with Crippen molar-refractivity contribution < 1.29 is 19.0 Å². The number of nitrogens with one attached hydrogen (secondary N) is 1. The van der Waals surface area contributed by atoms with Crippen LogP contribution in [-0.2, 0) is 4.79 Å². The van der Waals surface area contributed by atoms with Crippen molar-refractivity contribution >= 4 is 11.6 Å². The first-order valence-corrected chi connectivity index (χ1v) is 9.56. The summed E-state index contributed by atoms with van der Waals surface area (Å²) in [6.07, 6.45) is 6.18. The SMILES string of the molecule is COc1ccc(OCCCC(=O)Nc2ccc(OC3CCCC3)cc2)cc1. The van der Waals surface area contributed by atoms with Gasteiger partial charge in [0, 0.05) is 12.1 Å². The van der Waals surface area contributed by atoms with Gasteiger partial charge in [-0.05, 0) is 80.6 Å². The minimum Gasteiger partial charge on any atom is -0.497 e. The van der Waals surface area contributed by atoms with Gasteiger partial charge in [-0.25, -0.2) is 0 Å². The molecule has 0 radical (unpaired) electrons. The fourth-order valence-corrected chi connectivity index (χ4v) is 3.13. The zero-order valence-electron chi connectivity index (χ0n) is 15.8. The summed E-state index contributed by atoms with van der Waals surface area (Å²) in [6, 6.07) is 15.0. The molecule has 1 aliphatic rings. The summed E-state index contributed by atoms with van der Waals surface area (Å²) in [5.41, 5.74) is 0.787. The molecule has 0 aromatic heterocycles. The van der Waals surface area contributed by atoms with Gasteiger partial charge in [0.15, 0.2) is 0 Å². The number of carbonyl (C=O) groups is 1. The second kappa shape index (κ2) is 9.86. The highest BCUT2D eigenvalue weighted by molar-refractivity contribution is 5.90. The molecule has 2 aromatic carbocycles. The third-order valence-corrected chi connectivity index (χ3v) is 4.62. The summed E-state index contributed by atoms with van der Waals surface area (Å²) in [6.45, 7) is 0.494. The van der Waals surface area contributed by atoms with Gasteiger partial charge in [0.25, 0.3) is 0 Å². The minimum atomic E-state index is -0.0159. The Kier molecular flexibility index (Phi) is 6.97. The molecule has 0 bridgehead atoms. The Bertz CT molecular complexity index is 706. The fraction of sp³-hybridized carbons (Fsp3) is 0.409. The lowest BCUT2D eigenvalue weighted by Crippen LogP contribution is -2.13. The number of carbonyl (C=O) groups excluding carboxylic acids is 1. The highest BCUT2D eigenvalue weighted by atomic mass is 16.5. The number of benzene rings is 2. The molecule has 0 aliphatic heterocycles. The second-order valence-electron chi connectivity index (χ2n) is 6.72. The van der Waals surface area contributed by atoms with Crippen LogP contribution in [0.1, 0.15) is 38.5 Å². The Morgan fingerprint density at radius 1 is 0.963 bits per heavy atom. The monoisotopic (exact) mass is 369 g/mol. The van der Waals surface area contributed by atoms with Crippen molar-refractivity contribution in [2.75, 3.05) is 19.0 Å². The number of hydrogen-bond acceptors (Lipinski definition) is 4. The van der Waals surface area contributed by atoms with Gasteiger partial charge in [-0.15, -0.1) is 0 Å². The van der Waals surface area contributed by atoms with Crippen LogP contribution in [0.5, 0.6) is 17.2 Å². The molecule has 2 aromatic rings. The molecule has 5 heteroatoms. The summed E-state index contributed by atoms with van der Waals surface area (Å²) in [5.74, 6) is 2.42. The van der Waals surface area contributed by atoms with Crippen molar-refractivity contribution in [1.82, 2.24) is 0 Å². The average molecular weight is 369 g/mol. The molecule has 3 rings (SSSR count). The van der Waals surface area contributed by atoms with E-state index in [4.69, 9.17) is 14.2 Å². The van der Waals surface area contributed by atoms with Crippen LogP contribution in [0.25, 0.3) is 0 Å². The standard InChI is InChI=1S/C22H27NO4/c1-25-18-12-14-19(15-13-18)26-16-4-7-22(24)23-17-8-10-21(11-9-17)27-20-5-2-3-6-20/h8-15,20H,2-7,16H2,1H3,(H,23,24). The predicted molar refractivity (Wildman–Crippen MR) is 106 cm³/mol. The van der Waals surface area contributed by atoms with Gasteiger partial charge in [0.1, 0.15) is 17.2 Å². The molecule has 1 aliphatic carbocycles. The first-order chi connectivity index (χ1) is 13.2. The predicted octanol–water partition coefficient (Wildman–Crippen LogP) is 4.81. The van der Waals surface area contributed by atoms with Crippen molar-refractivity contribution in [3.63, 3.8) is 0 Å². The molecule has 1 fully saturated rings. The molecule has 1 saturated carbocycles. The van der Waals surface area contributed by atoms with Crippen LogP contribution < -0.4 is 19.5 Å². The Balaban J connectivity index is 1.34. The van der Waals surface area contributed by atoms with Crippen LogP contribution >= 0.6 is 0 Å². The number of anilines is 1. The number of rotatable bonds is 9. The largest absolute Gasteiger partial charge is 0.497 e. The maximum absolute atomic E-state index is 12.1. The Morgan fingerprint density at radius 2 is 1.59 bits per heavy atom. The number of ether oxygens (including phenoxy) is 3. The summed E-state index contributed by atoms with van der Waals surface area (Å²) in [5, 5.41) is 2.91. The van der Waals surface area contributed by atoms with Gasteiger partial charge in [0.2, 0.25) is 5.91 Å². The first-order valence-electron chi connectivity index (χ1n) is 9.56. The molecule has 0 saturated heterocycles. The Hall–Kier alpha value is -2.69. The number of hydrogen-bond donors (Lipinski definition) is 1. The zero-order chi connectivity index (χ0) is 18.9. The van der Waals surface area contributed by atoms with Gasteiger partial charge in [-0.2, -0.15) is 0 Å². The van der Waals surface area contributed by atoms with Crippen LogP contribution in [0.15, 0.2) is 48.5 Å². The van der Waals surface area contributed by atoms with Gasteiger partial charge in [-0.1, -0.05) is 0 Å². The van der Waals surface area contributed by atoms with E-state index in [1.165, 1.54) is 12.8 Å². The molecule has 1 N–H and O–H groups in total. The van der Waals surface area contributed by atoms with E-state index < -0.39 is 0 Å². The summed E-state index contributed by atoms with van der Waals surface area (Å²) in [4.78, 5) is 12.1. The van der Waals surface area contributed by atoms with Crippen LogP contribution in [0.4, 0.5) is 5.69 Å². The lowest BCUT2D eigenvalue weighted by molar-refractivity contribution is -0.116. The van der Waals surface area contributed by atoms with Crippen molar-refractivity contribution in [2.24, 2.45) is 0 Å². The van der Waals surface area contributed by atoms with E-state index in [1.54, 1.807) is 7.11 Å². The van der Waals surface area contributed by atoms with E-state index in [1.807, 2.05) is 48.5 Å². The van der Waals surface area contributed by atoms with E-state index in [9.17, 15) is 4.79 Å². The Morgan fingerprint density at radius 3 is 2.26 bits per heavy atom. The third-order valence-electron chi connectivity index (χ3n) is 4.62. The highest BCUT2D eigenvalue weighted by Crippen LogP contribution is 2.25. The second-order valence-corrected chi connectivity index (χ2v) is 6.72. The third kappa shape index (κ3) is 6.20. The molecule has 1 amide bonds. The molecule has 0 spiro atoms. The van der Waals surface area contributed by atoms with Crippen LogP contribution in [0, 0.1) is 0 Å². The van der Waals surface area contributed by atoms with E-state index >= 15 is 0 Å². The van der Waals surface area contributed by atoms with E-state index in [0.717, 1.165) is 35.8 Å². The molecular formula is C22H27NO4. The maximum atomic E-state index is 12.1. The molecule has 27 heavy (non-hydrogen) atoms. The van der Waals surface area contributed by atoms with Crippen molar-refractivity contribution in [2.45, 2.75) is 44.6 Å². The van der Waals surface area contributed by atoms with Crippen molar-refractivity contribution in [1.29, 1.82) is 0 Å². The van der Waals surface area contributed by atoms with Gasteiger partial charge in [0.05, 0.1) is 19.8 Å². The van der Waals surface area contributed by atoms with Crippen molar-refractivity contribution in [3.05, 3.63) is 48.5 Å². The molecule has 0 heterocycles. The molecular weight excluding hydrogens is 342 g/mol. The van der Waals surface area contributed by atoms with E-state index in [-0.39, 0.29) is 5.91 Å². The first kappa shape index (κ1) is 19.1. The normalized spacial score (nSPS) is 14.0. The highest BCUT2D eigenvalue weighted by Gasteiger charge is 2.16. The molecule has 144 valence electrons. The number of amides is 1. The minimum absolute atomic E-state index is 0.0159. The Labute approximate surface area is 160 Å². The van der Waals surface area contributed by atoms with Crippen LogP contribution in [0.2, 0.25) is 0 Å². The van der Waals surface area contributed by atoms with Gasteiger partial charge < -0.3 is 19.5 Å². The van der Waals surface area contributed by atoms with E-state index in [2.05, 4.69) is 5.32 Å². The topological polar surface area (TPSA) is 56.8 Å². The van der Waals surface area contributed by atoms with Gasteiger partial charge in [-0.3, -0.25) is 4.79 Å². The lowest BCUT2D eigenvalue weighted by atomic mass is 10.2. The van der Waals surface area contributed by atoms with Gasteiger partial charge >= 0.3 is 0 Å². The molecule has 0 atom stereocenters. The van der Waals surface area contributed by atoms with Crippen LogP contribution in [-0.4, -0.2) is 25.7 Å². The molecule has 5 nitrogen and oxygen atoms in total. The van der Waals surface area contributed by atoms with Crippen molar-refractivity contribution in [3.8, 4) is 17.2 Å². The molecule has 0 unspecified atom stereocenters.